The molecule has 0 aliphatic carbocycles. The Kier molecular flexibility index (Phi) is 7.49. The van der Waals surface area contributed by atoms with Gasteiger partial charge in [-0.15, -0.1) is 11.6 Å². The first-order chi connectivity index (χ1) is 14.8. The average molecular weight is 449 g/mol. The highest BCUT2D eigenvalue weighted by Crippen LogP contribution is 2.33. The Balaban J connectivity index is 1.78. The van der Waals surface area contributed by atoms with Gasteiger partial charge in [0.15, 0.2) is 11.5 Å². The summed E-state index contributed by atoms with van der Waals surface area (Å²) in [6.07, 6.45) is 2.33. The Morgan fingerprint density at radius 3 is 2.55 bits per heavy atom. The van der Waals surface area contributed by atoms with E-state index in [-0.39, 0.29) is 31.0 Å². The minimum atomic E-state index is -0.736. The molecule has 8 heteroatoms. The highest BCUT2D eigenvalue weighted by atomic mass is 35.5. The molecule has 0 radical (unpaired) electrons. The number of nitrogens with zero attached hydrogens (tertiary/aromatic N) is 2. The zero-order valence-corrected chi connectivity index (χ0v) is 19.0. The van der Waals surface area contributed by atoms with Crippen LogP contribution < -0.4 is 9.47 Å². The lowest BCUT2D eigenvalue weighted by Crippen LogP contribution is -2.47. The number of hydrogen-bond donors (Lipinski definition) is 0. The van der Waals surface area contributed by atoms with Crippen molar-refractivity contribution in [3.05, 3.63) is 47.9 Å². The van der Waals surface area contributed by atoms with Crippen LogP contribution >= 0.6 is 11.6 Å². The third-order valence-electron chi connectivity index (χ3n) is 5.11. The van der Waals surface area contributed by atoms with E-state index in [1.54, 1.807) is 36.0 Å². The van der Waals surface area contributed by atoms with Crippen molar-refractivity contribution in [2.45, 2.75) is 40.3 Å². The van der Waals surface area contributed by atoms with Crippen LogP contribution in [0.2, 0.25) is 0 Å². The normalized spacial score (nSPS) is 12.6. The quantitative estimate of drug-likeness (QED) is 0.513. The van der Waals surface area contributed by atoms with Crippen molar-refractivity contribution >= 4 is 23.4 Å². The van der Waals surface area contributed by atoms with Gasteiger partial charge in [-0.1, -0.05) is 13.0 Å². The number of alkyl halides is 1. The standard InChI is InChI=1S/C23H29ClN2O5/c1-4-9-25(22(28)23(2,3)15-24)14-21(27)26(13-18-6-5-10-29-18)12-17-7-8-19-20(11-17)31-16-30-19/h5-8,10-11H,4,9,12-16H2,1-3H3. The highest BCUT2D eigenvalue weighted by molar-refractivity contribution is 6.19. The largest absolute Gasteiger partial charge is 0.467 e. The van der Waals surface area contributed by atoms with Crippen molar-refractivity contribution in [2.24, 2.45) is 5.41 Å². The molecule has 0 fully saturated rings. The van der Waals surface area contributed by atoms with E-state index < -0.39 is 5.41 Å². The summed E-state index contributed by atoms with van der Waals surface area (Å²) in [5, 5.41) is 0. The number of carbonyl (C=O) groups excluding carboxylic acids is 2. The summed E-state index contributed by atoms with van der Waals surface area (Å²) in [6, 6.07) is 9.22. The molecule has 2 heterocycles. The lowest BCUT2D eigenvalue weighted by Gasteiger charge is -2.32. The second-order valence-corrected chi connectivity index (χ2v) is 8.53. The number of benzene rings is 1. The molecule has 0 spiro atoms. The molecule has 2 aromatic rings. The molecule has 31 heavy (non-hydrogen) atoms. The molecule has 2 amide bonds. The number of halogens is 1. The minimum Gasteiger partial charge on any atom is -0.467 e. The molecule has 0 atom stereocenters. The molecule has 3 rings (SSSR count). The smallest absolute Gasteiger partial charge is 0.242 e. The summed E-state index contributed by atoms with van der Waals surface area (Å²) in [5.41, 5.74) is 0.166. The third kappa shape index (κ3) is 5.73. The van der Waals surface area contributed by atoms with Crippen molar-refractivity contribution < 1.29 is 23.5 Å². The van der Waals surface area contributed by atoms with Crippen LogP contribution in [0.1, 0.15) is 38.5 Å². The first-order valence-electron chi connectivity index (χ1n) is 10.4. The van der Waals surface area contributed by atoms with Gasteiger partial charge in [0, 0.05) is 19.0 Å². The molecular formula is C23H29ClN2O5. The van der Waals surface area contributed by atoms with E-state index in [1.165, 1.54) is 0 Å². The zero-order chi connectivity index (χ0) is 22.4. The van der Waals surface area contributed by atoms with E-state index in [2.05, 4.69) is 0 Å². The van der Waals surface area contributed by atoms with E-state index >= 15 is 0 Å². The second kappa shape index (κ2) is 10.1. The van der Waals surface area contributed by atoms with E-state index in [0.29, 0.717) is 36.9 Å². The van der Waals surface area contributed by atoms with Crippen LogP contribution in [0.4, 0.5) is 0 Å². The monoisotopic (exact) mass is 448 g/mol. The molecular weight excluding hydrogens is 420 g/mol. The van der Waals surface area contributed by atoms with E-state index in [4.69, 9.17) is 25.5 Å². The first kappa shape index (κ1) is 23.0. The summed E-state index contributed by atoms with van der Waals surface area (Å²) in [5.74, 6) is 1.92. The molecule has 1 aliphatic heterocycles. The van der Waals surface area contributed by atoms with Crippen molar-refractivity contribution in [1.82, 2.24) is 9.80 Å². The van der Waals surface area contributed by atoms with Gasteiger partial charge in [-0.2, -0.15) is 0 Å². The lowest BCUT2D eigenvalue weighted by atomic mass is 9.94. The number of ether oxygens (including phenoxy) is 2. The molecule has 0 N–H and O–H groups in total. The third-order valence-corrected chi connectivity index (χ3v) is 5.78. The van der Waals surface area contributed by atoms with Gasteiger partial charge in [-0.05, 0) is 50.1 Å². The van der Waals surface area contributed by atoms with Crippen molar-refractivity contribution in [3.8, 4) is 11.5 Å². The highest BCUT2D eigenvalue weighted by Gasteiger charge is 2.33. The SMILES string of the molecule is CCCN(CC(=O)N(Cc1ccc2c(c1)OCO2)Cc1ccco1)C(=O)C(C)(C)CCl. The molecule has 168 valence electrons. The van der Waals surface area contributed by atoms with Gasteiger partial charge in [0.1, 0.15) is 5.76 Å². The van der Waals surface area contributed by atoms with Gasteiger partial charge < -0.3 is 23.7 Å². The number of carbonyl (C=O) groups is 2. The Labute approximate surface area is 187 Å². The zero-order valence-electron chi connectivity index (χ0n) is 18.2. The number of rotatable bonds is 10. The maximum atomic E-state index is 13.3. The molecule has 1 aliphatic rings. The maximum Gasteiger partial charge on any atom is 0.242 e. The van der Waals surface area contributed by atoms with E-state index in [0.717, 1.165) is 12.0 Å². The molecule has 0 saturated carbocycles. The summed E-state index contributed by atoms with van der Waals surface area (Å²) in [6.45, 7) is 6.88. The summed E-state index contributed by atoms with van der Waals surface area (Å²) in [7, 11) is 0. The second-order valence-electron chi connectivity index (χ2n) is 8.26. The lowest BCUT2D eigenvalue weighted by molar-refractivity contribution is -0.146. The van der Waals surface area contributed by atoms with Crippen LogP contribution in [0.3, 0.4) is 0 Å². The summed E-state index contributed by atoms with van der Waals surface area (Å²) in [4.78, 5) is 29.6. The first-order valence-corrected chi connectivity index (χ1v) is 10.9. The summed E-state index contributed by atoms with van der Waals surface area (Å²) >= 11 is 6.00. The van der Waals surface area contributed by atoms with Gasteiger partial charge in [0.05, 0.1) is 24.8 Å². The van der Waals surface area contributed by atoms with Crippen LogP contribution in [-0.4, -0.2) is 47.4 Å². The predicted octanol–water partition coefficient (Wildman–Crippen LogP) is 4.04. The Bertz CT molecular complexity index is 897. The molecule has 1 aromatic carbocycles. The van der Waals surface area contributed by atoms with Crippen molar-refractivity contribution in [3.63, 3.8) is 0 Å². The van der Waals surface area contributed by atoms with Gasteiger partial charge in [-0.3, -0.25) is 9.59 Å². The average Bonchev–Trinajstić information content (AvgIpc) is 3.43. The van der Waals surface area contributed by atoms with Gasteiger partial charge in [0.25, 0.3) is 0 Å². The minimum absolute atomic E-state index is 0.0156. The molecule has 1 aromatic heterocycles. The fraction of sp³-hybridized carbons (Fsp3) is 0.478. The molecule has 0 unspecified atom stereocenters. The fourth-order valence-corrected chi connectivity index (χ4v) is 3.47. The van der Waals surface area contributed by atoms with Crippen LogP contribution in [0.5, 0.6) is 11.5 Å². The van der Waals surface area contributed by atoms with Crippen LogP contribution in [0.15, 0.2) is 41.0 Å². The van der Waals surface area contributed by atoms with Crippen LogP contribution in [-0.2, 0) is 22.7 Å². The molecule has 7 nitrogen and oxygen atoms in total. The maximum absolute atomic E-state index is 13.3. The number of furan rings is 1. The topological polar surface area (TPSA) is 72.2 Å². The fourth-order valence-electron chi connectivity index (χ4n) is 3.35. The van der Waals surface area contributed by atoms with Gasteiger partial charge in [0.2, 0.25) is 18.6 Å². The molecule has 0 bridgehead atoms. The van der Waals surface area contributed by atoms with Crippen molar-refractivity contribution in [2.75, 3.05) is 25.8 Å². The van der Waals surface area contributed by atoms with Crippen LogP contribution in [0.25, 0.3) is 0 Å². The summed E-state index contributed by atoms with van der Waals surface area (Å²) < 4.78 is 16.3. The molecule has 0 saturated heterocycles. The Morgan fingerprint density at radius 1 is 1.10 bits per heavy atom. The Hall–Kier alpha value is -2.67. The van der Waals surface area contributed by atoms with Gasteiger partial charge in [-0.25, -0.2) is 0 Å². The van der Waals surface area contributed by atoms with Crippen LogP contribution in [0, 0.1) is 5.41 Å². The van der Waals surface area contributed by atoms with E-state index in [9.17, 15) is 9.59 Å². The van der Waals surface area contributed by atoms with Crippen molar-refractivity contribution in [1.29, 1.82) is 0 Å². The number of fused-ring (bicyclic) bond motifs is 1. The number of amides is 2. The van der Waals surface area contributed by atoms with Gasteiger partial charge >= 0.3 is 0 Å². The predicted molar refractivity (Wildman–Crippen MR) is 117 cm³/mol. The number of hydrogen-bond acceptors (Lipinski definition) is 5. The Morgan fingerprint density at radius 2 is 1.87 bits per heavy atom. The van der Waals surface area contributed by atoms with E-state index in [1.807, 2.05) is 31.2 Å².